The number of aryl methyl sites for hydroxylation is 2. The number of carboxylic acid groups (broad SMARTS) is 1. The van der Waals surface area contributed by atoms with E-state index in [1.54, 1.807) is 20.8 Å². The van der Waals surface area contributed by atoms with Gasteiger partial charge in [-0.2, -0.15) is 0 Å². The van der Waals surface area contributed by atoms with Crippen LogP contribution in [0.3, 0.4) is 0 Å². The number of nitrogens with one attached hydrogen (secondary N) is 2. The Balaban J connectivity index is 1.92. The molecule has 2 rings (SSSR count). The molecule has 0 saturated heterocycles. The van der Waals surface area contributed by atoms with E-state index < -0.39 is 29.4 Å². The standard InChI is InChI=1S/C26H43FN4O5/c1-25(2,3)36-24(34)30-21(23(32)33)13-16-31(17-26(4,27)18-35-5)15-7-6-10-20-12-11-19-9-8-14-28-22(19)29-20/h11-12,21H,6-10,13-18H2,1-5H3,(H,28,29)(H,30,34)(H,32,33). The van der Waals surface area contributed by atoms with Gasteiger partial charge in [0.05, 0.1) is 6.61 Å². The number of methoxy groups -OCH3 is 1. The molecule has 204 valence electrons. The number of alkyl halides is 1. The van der Waals surface area contributed by atoms with Crippen LogP contribution in [0.4, 0.5) is 15.0 Å². The third-order valence-electron chi connectivity index (χ3n) is 5.83. The molecule has 0 aliphatic carbocycles. The van der Waals surface area contributed by atoms with Gasteiger partial charge in [0.15, 0.2) is 0 Å². The van der Waals surface area contributed by atoms with Crippen molar-refractivity contribution in [2.45, 2.75) is 83.5 Å². The van der Waals surface area contributed by atoms with Crippen molar-refractivity contribution in [1.82, 2.24) is 15.2 Å². The molecule has 3 N–H and O–H groups in total. The highest BCUT2D eigenvalue weighted by Gasteiger charge is 2.29. The minimum Gasteiger partial charge on any atom is -0.480 e. The first-order chi connectivity index (χ1) is 16.9. The number of carbonyl (C=O) groups is 2. The molecule has 1 amide bonds. The molecule has 2 unspecified atom stereocenters. The molecule has 0 aromatic carbocycles. The average molecular weight is 511 g/mol. The normalized spacial score (nSPS) is 16.0. The van der Waals surface area contributed by atoms with Gasteiger partial charge in [0, 0.05) is 32.4 Å². The van der Waals surface area contributed by atoms with E-state index in [2.05, 4.69) is 22.8 Å². The van der Waals surface area contributed by atoms with Crippen LogP contribution in [0.15, 0.2) is 12.1 Å². The van der Waals surface area contributed by atoms with Crippen LogP contribution < -0.4 is 10.6 Å². The number of hydrogen-bond acceptors (Lipinski definition) is 7. The maximum Gasteiger partial charge on any atom is 0.408 e. The summed E-state index contributed by atoms with van der Waals surface area (Å²) in [4.78, 5) is 30.4. The predicted octanol–water partition coefficient (Wildman–Crippen LogP) is 3.81. The van der Waals surface area contributed by atoms with Crippen LogP contribution in [0.1, 0.15) is 64.6 Å². The van der Waals surface area contributed by atoms with Gasteiger partial charge in [-0.15, -0.1) is 0 Å². The molecule has 9 nitrogen and oxygen atoms in total. The van der Waals surface area contributed by atoms with Crippen molar-refractivity contribution >= 4 is 17.9 Å². The fourth-order valence-electron chi connectivity index (χ4n) is 4.25. The lowest BCUT2D eigenvalue weighted by molar-refractivity contribution is -0.139. The number of rotatable bonds is 14. The summed E-state index contributed by atoms with van der Waals surface area (Å²) in [5.41, 5.74) is -0.0442. The summed E-state index contributed by atoms with van der Waals surface area (Å²) in [5, 5.41) is 15.3. The zero-order chi connectivity index (χ0) is 26.8. The van der Waals surface area contributed by atoms with Gasteiger partial charge < -0.3 is 25.2 Å². The zero-order valence-electron chi connectivity index (χ0n) is 22.4. The second-order valence-corrected chi connectivity index (χ2v) is 10.7. The quantitative estimate of drug-likeness (QED) is 0.324. The summed E-state index contributed by atoms with van der Waals surface area (Å²) in [6, 6.07) is 3.07. The van der Waals surface area contributed by atoms with Crippen molar-refractivity contribution < 1.29 is 28.6 Å². The van der Waals surface area contributed by atoms with Crippen LogP contribution in [0.25, 0.3) is 0 Å². The number of nitrogens with zero attached hydrogens (tertiary/aromatic N) is 2. The Kier molecular flexibility index (Phi) is 11.4. The number of hydrogen-bond donors (Lipinski definition) is 3. The highest BCUT2D eigenvalue weighted by Crippen LogP contribution is 2.21. The van der Waals surface area contributed by atoms with Crippen molar-refractivity contribution in [2.24, 2.45) is 0 Å². The number of aromatic nitrogens is 1. The first-order valence-corrected chi connectivity index (χ1v) is 12.7. The lowest BCUT2D eigenvalue weighted by atomic mass is 10.1. The number of carbonyl (C=O) groups excluding carboxylic acids is 1. The molecule has 2 heterocycles. The molecule has 36 heavy (non-hydrogen) atoms. The molecule has 0 spiro atoms. The first kappa shape index (κ1) is 29.8. The Hall–Kier alpha value is -2.46. The first-order valence-electron chi connectivity index (χ1n) is 12.7. The topological polar surface area (TPSA) is 113 Å². The number of unbranched alkanes of at least 4 members (excludes halogenated alkanes) is 1. The number of anilines is 1. The van der Waals surface area contributed by atoms with Crippen molar-refractivity contribution in [3.63, 3.8) is 0 Å². The minimum absolute atomic E-state index is 0.0614. The van der Waals surface area contributed by atoms with Gasteiger partial charge in [0.2, 0.25) is 0 Å². The fourth-order valence-corrected chi connectivity index (χ4v) is 4.25. The van der Waals surface area contributed by atoms with Crippen LogP contribution in [-0.2, 0) is 27.1 Å². The zero-order valence-corrected chi connectivity index (χ0v) is 22.4. The number of amides is 1. The van der Waals surface area contributed by atoms with Crippen molar-refractivity contribution in [2.75, 3.05) is 45.2 Å². The Bertz CT molecular complexity index is 859. The van der Waals surface area contributed by atoms with E-state index in [0.29, 0.717) is 13.1 Å². The van der Waals surface area contributed by atoms with Crippen LogP contribution in [0.2, 0.25) is 0 Å². The van der Waals surface area contributed by atoms with Crippen LogP contribution in [0, 0.1) is 0 Å². The average Bonchev–Trinajstić information content (AvgIpc) is 2.77. The number of ether oxygens (including phenoxy) is 2. The van der Waals surface area contributed by atoms with Gasteiger partial charge in [0.25, 0.3) is 0 Å². The maximum absolute atomic E-state index is 15.0. The minimum atomic E-state index is -1.59. The highest BCUT2D eigenvalue weighted by atomic mass is 19.1. The monoisotopic (exact) mass is 510 g/mol. The number of halogens is 1. The third-order valence-corrected chi connectivity index (χ3v) is 5.83. The Labute approximate surface area is 214 Å². The van der Waals surface area contributed by atoms with Gasteiger partial charge in [-0.3, -0.25) is 4.90 Å². The Morgan fingerprint density at radius 3 is 2.67 bits per heavy atom. The van der Waals surface area contributed by atoms with Crippen molar-refractivity contribution in [3.05, 3.63) is 23.4 Å². The predicted molar refractivity (Wildman–Crippen MR) is 137 cm³/mol. The van der Waals surface area contributed by atoms with E-state index in [0.717, 1.165) is 50.2 Å². The lowest BCUT2D eigenvalue weighted by Gasteiger charge is -2.30. The summed E-state index contributed by atoms with van der Waals surface area (Å²) in [5.74, 6) is -0.182. The summed E-state index contributed by atoms with van der Waals surface area (Å²) >= 11 is 0. The highest BCUT2D eigenvalue weighted by molar-refractivity contribution is 5.80. The van der Waals surface area contributed by atoms with Crippen LogP contribution in [-0.4, -0.2) is 84.3 Å². The van der Waals surface area contributed by atoms with Gasteiger partial charge in [-0.1, -0.05) is 6.07 Å². The van der Waals surface area contributed by atoms with Crippen molar-refractivity contribution in [1.29, 1.82) is 0 Å². The number of carboxylic acids is 1. The second kappa shape index (κ2) is 13.7. The summed E-state index contributed by atoms with van der Waals surface area (Å²) < 4.78 is 25.2. The SMILES string of the molecule is COCC(C)(F)CN(CCCCc1ccc2c(n1)NCCC2)CCC(NC(=O)OC(C)(C)C)C(=O)O. The number of fused-ring (bicyclic) bond motifs is 1. The molecular formula is C26H43FN4O5. The Morgan fingerprint density at radius 2 is 2.00 bits per heavy atom. The number of alkyl carbamates (subject to hydrolysis) is 1. The fraction of sp³-hybridized carbons (Fsp3) is 0.731. The second-order valence-electron chi connectivity index (χ2n) is 10.7. The van der Waals surface area contributed by atoms with Gasteiger partial charge >= 0.3 is 12.1 Å². The lowest BCUT2D eigenvalue weighted by Crippen LogP contribution is -2.47. The molecule has 0 saturated carbocycles. The number of aliphatic carboxylic acids is 1. The largest absolute Gasteiger partial charge is 0.480 e. The summed E-state index contributed by atoms with van der Waals surface area (Å²) in [7, 11) is 1.45. The molecule has 1 aromatic heterocycles. The van der Waals surface area contributed by atoms with Gasteiger partial charge in [-0.05, 0) is 84.4 Å². The summed E-state index contributed by atoms with van der Waals surface area (Å²) in [6.07, 6.45) is 3.98. The number of pyridine rings is 1. The molecule has 1 aliphatic heterocycles. The molecule has 2 atom stereocenters. The molecule has 0 bridgehead atoms. The van der Waals surface area contributed by atoms with E-state index in [9.17, 15) is 19.1 Å². The molecule has 0 fully saturated rings. The molecular weight excluding hydrogens is 467 g/mol. The third kappa shape index (κ3) is 11.1. The smallest absolute Gasteiger partial charge is 0.408 e. The van der Waals surface area contributed by atoms with E-state index >= 15 is 0 Å². The molecule has 1 aliphatic rings. The molecule has 0 radical (unpaired) electrons. The molecule has 1 aromatic rings. The van der Waals surface area contributed by atoms with Crippen LogP contribution >= 0.6 is 0 Å². The van der Waals surface area contributed by atoms with Crippen LogP contribution in [0.5, 0.6) is 0 Å². The molecule has 10 heteroatoms. The van der Waals surface area contributed by atoms with E-state index in [1.165, 1.54) is 19.6 Å². The van der Waals surface area contributed by atoms with E-state index in [1.807, 2.05) is 4.90 Å². The van der Waals surface area contributed by atoms with E-state index in [4.69, 9.17) is 14.5 Å². The van der Waals surface area contributed by atoms with Gasteiger partial charge in [0.1, 0.15) is 23.1 Å². The summed E-state index contributed by atoms with van der Waals surface area (Å²) in [6.45, 7) is 8.47. The maximum atomic E-state index is 15.0. The van der Waals surface area contributed by atoms with E-state index in [-0.39, 0.29) is 19.6 Å². The Morgan fingerprint density at radius 1 is 1.25 bits per heavy atom. The van der Waals surface area contributed by atoms with Crippen molar-refractivity contribution in [3.8, 4) is 0 Å². The van der Waals surface area contributed by atoms with Gasteiger partial charge in [-0.25, -0.2) is 19.0 Å².